The van der Waals surface area contributed by atoms with Gasteiger partial charge < -0.3 is 15.4 Å². The van der Waals surface area contributed by atoms with Crippen molar-refractivity contribution in [2.75, 3.05) is 32.8 Å². The van der Waals surface area contributed by atoms with Crippen LogP contribution < -0.4 is 5.73 Å². The molecule has 6 nitrogen and oxygen atoms in total. The summed E-state index contributed by atoms with van der Waals surface area (Å²) in [6.45, 7) is 3.83. The lowest BCUT2D eigenvalue weighted by Gasteiger charge is -2.27. The maximum Gasteiger partial charge on any atom is 0.191 e. The highest BCUT2D eigenvalue weighted by molar-refractivity contribution is 5.78. The Morgan fingerprint density at radius 1 is 1.53 bits per heavy atom. The molecule has 94 valence electrons. The number of rotatable bonds is 3. The smallest absolute Gasteiger partial charge is 0.191 e. The molecule has 0 spiro atoms. The van der Waals surface area contributed by atoms with Gasteiger partial charge in [0.25, 0.3) is 0 Å². The fraction of sp³-hybridized carbons (Fsp3) is 0.636. The van der Waals surface area contributed by atoms with Crippen molar-refractivity contribution in [3.63, 3.8) is 0 Å². The maximum absolute atomic E-state index is 5.92. The highest BCUT2D eigenvalue weighted by atomic mass is 16.5. The number of nitrogens with zero attached hydrogens (tertiary/aromatic N) is 4. The molecule has 17 heavy (non-hydrogen) atoms. The van der Waals surface area contributed by atoms with Crippen molar-refractivity contribution in [2.45, 2.75) is 6.42 Å². The molecule has 1 aromatic heterocycles. The van der Waals surface area contributed by atoms with Crippen molar-refractivity contribution >= 4 is 5.96 Å². The topological polar surface area (TPSA) is 68.7 Å². The van der Waals surface area contributed by atoms with E-state index in [0.29, 0.717) is 12.5 Å². The highest BCUT2D eigenvalue weighted by Gasteiger charge is 2.11. The number of ether oxygens (including phenoxy) is 1. The fourth-order valence-electron chi connectivity index (χ4n) is 1.82. The predicted molar refractivity (Wildman–Crippen MR) is 65.8 cm³/mol. The van der Waals surface area contributed by atoms with Gasteiger partial charge in [-0.1, -0.05) is 0 Å². The molecule has 0 aromatic carbocycles. The van der Waals surface area contributed by atoms with E-state index in [2.05, 4.69) is 15.0 Å². The molecular weight excluding hydrogens is 218 g/mol. The van der Waals surface area contributed by atoms with Gasteiger partial charge >= 0.3 is 0 Å². The molecule has 1 aromatic rings. The molecule has 0 unspecified atom stereocenters. The van der Waals surface area contributed by atoms with Crippen LogP contribution in [0.5, 0.6) is 0 Å². The minimum Gasteiger partial charge on any atom is -0.378 e. The van der Waals surface area contributed by atoms with Crippen LogP contribution in [0.15, 0.2) is 17.3 Å². The fourth-order valence-corrected chi connectivity index (χ4v) is 1.82. The van der Waals surface area contributed by atoms with Crippen molar-refractivity contribution < 1.29 is 4.74 Å². The van der Waals surface area contributed by atoms with Crippen molar-refractivity contribution in [1.29, 1.82) is 0 Å². The summed E-state index contributed by atoms with van der Waals surface area (Å²) in [6.07, 6.45) is 2.66. The number of aryl methyl sites for hydroxylation is 1. The van der Waals surface area contributed by atoms with Gasteiger partial charge in [-0.15, -0.1) is 0 Å². The summed E-state index contributed by atoms with van der Waals surface area (Å²) in [5.41, 5.74) is 7.09. The van der Waals surface area contributed by atoms with Crippen LogP contribution in [-0.4, -0.2) is 53.5 Å². The number of hydrogen-bond donors (Lipinski definition) is 1. The molecule has 0 amide bonds. The first kappa shape index (κ1) is 11.9. The Labute approximate surface area is 101 Å². The summed E-state index contributed by atoms with van der Waals surface area (Å²) in [5.74, 6) is 0.621. The molecule has 1 aliphatic heterocycles. The monoisotopic (exact) mass is 237 g/mol. The van der Waals surface area contributed by atoms with E-state index in [4.69, 9.17) is 10.5 Å². The molecule has 1 fully saturated rings. The van der Waals surface area contributed by atoms with Crippen LogP contribution in [0, 0.1) is 0 Å². The first-order chi connectivity index (χ1) is 8.27. The zero-order chi connectivity index (χ0) is 12.1. The van der Waals surface area contributed by atoms with Crippen LogP contribution in [0.4, 0.5) is 0 Å². The standard InChI is InChI=1S/C11H19N5O/c1-15-10(3-5-14-15)2-4-13-11(12)16-6-8-17-9-7-16/h3,5H,2,4,6-9H2,1H3,(H2,12,13). The summed E-state index contributed by atoms with van der Waals surface area (Å²) < 4.78 is 7.13. The van der Waals surface area contributed by atoms with E-state index >= 15 is 0 Å². The average Bonchev–Trinajstić information content (AvgIpc) is 2.76. The molecule has 6 heteroatoms. The lowest BCUT2D eigenvalue weighted by atomic mass is 10.3. The summed E-state index contributed by atoms with van der Waals surface area (Å²) in [6, 6.07) is 2.00. The molecule has 2 heterocycles. The lowest BCUT2D eigenvalue weighted by Crippen LogP contribution is -2.44. The second-order valence-corrected chi connectivity index (χ2v) is 4.04. The van der Waals surface area contributed by atoms with Crippen LogP contribution in [-0.2, 0) is 18.2 Å². The van der Waals surface area contributed by atoms with Crippen molar-refractivity contribution in [3.8, 4) is 0 Å². The van der Waals surface area contributed by atoms with Crippen molar-refractivity contribution in [2.24, 2.45) is 17.8 Å². The summed E-state index contributed by atoms with van der Waals surface area (Å²) in [7, 11) is 1.93. The second-order valence-electron chi connectivity index (χ2n) is 4.04. The lowest BCUT2D eigenvalue weighted by molar-refractivity contribution is 0.0674. The predicted octanol–water partition coefficient (Wildman–Crippen LogP) is -0.390. The van der Waals surface area contributed by atoms with Crippen LogP contribution in [0.1, 0.15) is 5.69 Å². The van der Waals surface area contributed by atoms with E-state index in [9.17, 15) is 0 Å². The minimum atomic E-state index is 0.621. The summed E-state index contributed by atoms with van der Waals surface area (Å²) in [5, 5.41) is 4.11. The number of guanidine groups is 1. The molecule has 0 aliphatic carbocycles. The van der Waals surface area contributed by atoms with E-state index in [0.717, 1.165) is 32.7 Å². The van der Waals surface area contributed by atoms with Gasteiger partial charge in [0.15, 0.2) is 5.96 Å². The quantitative estimate of drug-likeness (QED) is 0.574. The molecule has 0 radical (unpaired) electrons. The Morgan fingerprint density at radius 2 is 2.29 bits per heavy atom. The number of hydrogen-bond acceptors (Lipinski definition) is 3. The molecule has 1 aliphatic rings. The zero-order valence-corrected chi connectivity index (χ0v) is 10.2. The molecular formula is C11H19N5O. The third-order valence-electron chi connectivity index (χ3n) is 2.90. The molecule has 0 saturated carbocycles. The van der Waals surface area contributed by atoms with Crippen LogP contribution in [0.25, 0.3) is 0 Å². The van der Waals surface area contributed by atoms with Gasteiger partial charge in [-0.05, 0) is 6.07 Å². The molecule has 2 N–H and O–H groups in total. The largest absolute Gasteiger partial charge is 0.378 e. The van der Waals surface area contributed by atoms with Gasteiger partial charge in [0.1, 0.15) is 0 Å². The van der Waals surface area contributed by atoms with E-state index in [-0.39, 0.29) is 0 Å². The van der Waals surface area contributed by atoms with Gasteiger partial charge in [0.2, 0.25) is 0 Å². The van der Waals surface area contributed by atoms with E-state index < -0.39 is 0 Å². The minimum absolute atomic E-state index is 0.621. The Balaban J connectivity index is 1.81. The Hall–Kier alpha value is -1.56. The first-order valence-corrected chi connectivity index (χ1v) is 5.87. The summed E-state index contributed by atoms with van der Waals surface area (Å²) >= 11 is 0. The maximum atomic E-state index is 5.92. The third-order valence-corrected chi connectivity index (χ3v) is 2.90. The van der Waals surface area contributed by atoms with Gasteiger partial charge in [0, 0.05) is 45.0 Å². The van der Waals surface area contributed by atoms with Gasteiger partial charge in [-0.3, -0.25) is 9.67 Å². The third kappa shape index (κ3) is 3.20. The van der Waals surface area contributed by atoms with Gasteiger partial charge in [0.05, 0.1) is 13.2 Å². The number of nitrogens with two attached hydrogens (primary N) is 1. The number of aliphatic imine (C=N–C) groups is 1. The van der Waals surface area contributed by atoms with E-state index in [1.54, 1.807) is 6.20 Å². The van der Waals surface area contributed by atoms with Gasteiger partial charge in [-0.2, -0.15) is 5.10 Å². The SMILES string of the molecule is Cn1nccc1CCN=C(N)N1CCOCC1. The molecule has 2 rings (SSSR count). The number of aromatic nitrogens is 2. The Bertz CT molecular complexity index is 381. The van der Waals surface area contributed by atoms with Crippen LogP contribution >= 0.6 is 0 Å². The highest BCUT2D eigenvalue weighted by Crippen LogP contribution is 1.99. The molecule has 1 saturated heterocycles. The van der Waals surface area contributed by atoms with Crippen molar-refractivity contribution in [1.82, 2.24) is 14.7 Å². The van der Waals surface area contributed by atoms with E-state index in [1.165, 1.54) is 5.69 Å². The average molecular weight is 237 g/mol. The number of morpholine rings is 1. The Kier molecular flexibility index (Phi) is 3.98. The van der Waals surface area contributed by atoms with Crippen LogP contribution in [0.3, 0.4) is 0 Å². The Morgan fingerprint density at radius 3 is 2.94 bits per heavy atom. The van der Waals surface area contributed by atoms with Crippen molar-refractivity contribution in [3.05, 3.63) is 18.0 Å². The van der Waals surface area contributed by atoms with E-state index in [1.807, 2.05) is 17.8 Å². The van der Waals surface area contributed by atoms with Crippen LogP contribution in [0.2, 0.25) is 0 Å². The molecule has 0 bridgehead atoms. The zero-order valence-electron chi connectivity index (χ0n) is 10.2. The summed E-state index contributed by atoms with van der Waals surface area (Å²) in [4.78, 5) is 6.45. The molecule has 0 atom stereocenters. The first-order valence-electron chi connectivity index (χ1n) is 5.87. The normalized spacial score (nSPS) is 17.5. The second kappa shape index (κ2) is 5.67. The van der Waals surface area contributed by atoms with Gasteiger partial charge in [-0.25, -0.2) is 0 Å².